The van der Waals surface area contributed by atoms with E-state index in [2.05, 4.69) is 4.74 Å². The van der Waals surface area contributed by atoms with E-state index in [9.17, 15) is 24.5 Å². The van der Waals surface area contributed by atoms with Crippen molar-refractivity contribution in [2.24, 2.45) is 0 Å². The van der Waals surface area contributed by atoms with Crippen molar-refractivity contribution in [3.8, 4) is 17.2 Å². The maximum absolute atomic E-state index is 12.9. The Morgan fingerprint density at radius 1 is 1.00 bits per heavy atom. The Morgan fingerprint density at radius 2 is 1.71 bits per heavy atom. The molecule has 0 aromatic heterocycles. The molecule has 2 amide bonds. The zero-order valence-corrected chi connectivity index (χ0v) is 21.4. The summed E-state index contributed by atoms with van der Waals surface area (Å²) in [4.78, 5) is 49.5. The average molecular weight is 535 g/mol. The van der Waals surface area contributed by atoms with Gasteiger partial charge in [0.15, 0.2) is 11.5 Å². The van der Waals surface area contributed by atoms with E-state index in [1.165, 1.54) is 37.3 Å². The highest BCUT2D eigenvalue weighted by molar-refractivity contribution is 8.18. The Morgan fingerprint density at radius 3 is 2.37 bits per heavy atom. The normalized spacial score (nSPS) is 14.1. The number of hydrogen-bond donors (Lipinski definition) is 0. The molecule has 0 unspecified atom stereocenters. The summed E-state index contributed by atoms with van der Waals surface area (Å²) < 4.78 is 15.7. The van der Waals surface area contributed by atoms with Crippen molar-refractivity contribution >= 4 is 40.6 Å². The minimum Gasteiger partial charge on any atom is -0.493 e. The summed E-state index contributed by atoms with van der Waals surface area (Å²) in [5, 5.41) is 11.2. The summed E-state index contributed by atoms with van der Waals surface area (Å²) in [6.45, 7) is 2.13. The van der Waals surface area contributed by atoms with E-state index in [0.29, 0.717) is 5.56 Å². The van der Waals surface area contributed by atoms with E-state index < -0.39 is 22.5 Å². The standard InChI is InChI=1S/C27H22N2O8S/c1-16-4-6-17(7-5-16)15-28-25(30)24(38-27(28)32)13-18-8-10-22(23(12-18)35-2)37-21-11-9-19(26(31)36-3)14-20(21)29(33)34/h4-14H,15H2,1-3H3/b24-13-. The van der Waals surface area contributed by atoms with Crippen molar-refractivity contribution in [2.45, 2.75) is 13.5 Å². The number of ether oxygens (including phenoxy) is 3. The van der Waals surface area contributed by atoms with Crippen LogP contribution in [0.15, 0.2) is 65.6 Å². The highest BCUT2D eigenvalue weighted by Crippen LogP contribution is 2.39. The molecule has 10 nitrogen and oxygen atoms in total. The molecule has 1 aliphatic heterocycles. The number of thioether (sulfide) groups is 1. The van der Waals surface area contributed by atoms with Crippen LogP contribution in [0, 0.1) is 17.0 Å². The summed E-state index contributed by atoms with van der Waals surface area (Å²) in [7, 11) is 2.58. The summed E-state index contributed by atoms with van der Waals surface area (Å²) in [6.07, 6.45) is 1.57. The highest BCUT2D eigenvalue weighted by atomic mass is 32.2. The lowest BCUT2D eigenvalue weighted by Gasteiger charge is -2.13. The van der Waals surface area contributed by atoms with Gasteiger partial charge in [0.05, 0.1) is 36.2 Å². The summed E-state index contributed by atoms with van der Waals surface area (Å²) in [5.74, 6) is -0.813. The van der Waals surface area contributed by atoms with Gasteiger partial charge >= 0.3 is 11.7 Å². The van der Waals surface area contributed by atoms with Crippen LogP contribution >= 0.6 is 11.8 Å². The lowest BCUT2D eigenvalue weighted by molar-refractivity contribution is -0.385. The molecule has 1 heterocycles. The smallest absolute Gasteiger partial charge is 0.338 e. The van der Waals surface area contributed by atoms with Crippen LogP contribution in [-0.4, -0.2) is 41.2 Å². The van der Waals surface area contributed by atoms with E-state index in [0.717, 1.165) is 29.0 Å². The van der Waals surface area contributed by atoms with E-state index in [1.807, 2.05) is 31.2 Å². The lowest BCUT2D eigenvalue weighted by Crippen LogP contribution is -2.27. The van der Waals surface area contributed by atoms with Gasteiger partial charge < -0.3 is 14.2 Å². The number of nitro groups is 1. The fraction of sp³-hybridized carbons (Fsp3) is 0.148. The molecule has 3 aromatic carbocycles. The first-order valence-electron chi connectivity index (χ1n) is 11.2. The van der Waals surface area contributed by atoms with Crippen molar-refractivity contribution in [1.82, 2.24) is 4.90 Å². The fourth-order valence-electron chi connectivity index (χ4n) is 3.63. The first-order chi connectivity index (χ1) is 18.2. The second-order valence-electron chi connectivity index (χ2n) is 8.20. The minimum atomic E-state index is -0.718. The van der Waals surface area contributed by atoms with Crippen LogP contribution in [0.25, 0.3) is 6.08 Å². The number of nitrogens with zero attached hydrogens (tertiary/aromatic N) is 2. The topological polar surface area (TPSA) is 125 Å². The predicted octanol–water partition coefficient (Wildman–Crippen LogP) is 5.73. The third-order valence-corrected chi connectivity index (χ3v) is 6.52. The number of rotatable bonds is 8. The SMILES string of the molecule is COC(=O)c1ccc(Oc2ccc(/C=C3\SC(=O)N(Cc4ccc(C)cc4)C3=O)cc2OC)c([N+](=O)[O-])c1. The van der Waals surface area contributed by atoms with E-state index in [-0.39, 0.29) is 39.5 Å². The predicted molar refractivity (Wildman–Crippen MR) is 140 cm³/mol. The summed E-state index contributed by atoms with van der Waals surface area (Å²) in [6, 6.07) is 16.0. The quantitative estimate of drug-likeness (QED) is 0.154. The summed E-state index contributed by atoms with van der Waals surface area (Å²) in [5.41, 5.74) is 2.06. The molecule has 11 heteroatoms. The van der Waals surface area contributed by atoms with Crippen LogP contribution in [-0.2, 0) is 16.1 Å². The third kappa shape index (κ3) is 5.68. The molecule has 0 bridgehead atoms. The number of aryl methyl sites for hydroxylation is 1. The average Bonchev–Trinajstić information content (AvgIpc) is 3.17. The number of methoxy groups -OCH3 is 2. The van der Waals surface area contributed by atoms with Gasteiger partial charge in [-0.3, -0.25) is 24.6 Å². The van der Waals surface area contributed by atoms with E-state index >= 15 is 0 Å². The third-order valence-electron chi connectivity index (χ3n) is 5.62. The maximum Gasteiger partial charge on any atom is 0.338 e. The number of nitro benzene ring substituents is 1. The Balaban J connectivity index is 1.56. The van der Waals surface area contributed by atoms with Gasteiger partial charge in [-0.25, -0.2) is 4.79 Å². The zero-order valence-electron chi connectivity index (χ0n) is 20.6. The molecule has 1 fully saturated rings. The second-order valence-corrected chi connectivity index (χ2v) is 9.19. The molecule has 0 radical (unpaired) electrons. The Kier molecular flexibility index (Phi) is 7.77. The van der Waals surface area contributed by atoms with Crippen molar-refractivity contribution in [3.63, 3.8) is 0 Å². The molecule has 1 aliphatic rings. The monoisotopic (exact) mass is 534 g/mol. The summed E-state index contributed by atoms with van der Waals surface area (Å²) >= 11 is 0.844. The molecule has 1 saturated heterocycles. The number of benzene rings is 3. The second kappa shape index (κ2) is 11.2. The number of carbonyl (C=O) groups excluding carboxylic acids is 3. The van der Waals surface area contributed by atoms with E-state index in [1.54, 1.807) is 18.2 Å². The van der Waals surface area contributed by atoms with Gasteiger partial charge in [0.2, 0.25) is 5.75 Å². The van der Waals surface area contributed by atoms with Crippen LogP contribution in [0.4, 0.5) is 10.5 Å². The fourth-order valence-corrected chi connectivity index (χ4v) is 4.47. The van der Waals surface area contributed by atoms with Gasteiger partial charge in [-0.15, -0.1) is 0 Å². The van der Waals surface area contributed by atoms with Gasteiger partial charge in [-0.1, -0.05) is 35.9 Å². The van der Waals surface area contributed by atoms with Crippen LogP contribution in [0.2, 0.25) is 0 Å². The van der Waals surface area contributed by atoms with E-state index in [4.69, 9.17) is 9.47 Å². The van der Waals surface area contributed by atoms with Gasteiger partial charge in [0.25, 0.3) is 11.1 Å². The minimum absolute atomic E-state index is 0.00480. The van der Waals surface area contributed by atoms with Crippen LogP contribution in [0.5, 0.6) is 17.2 Å². The molecule has 4 rings (SSSR count). The molecule has 0 aliphatic carbocycles. The lowest BCUT2D eigenvalue weighted by atomic mass is 10.1. The molecule has 38 heavy (non-hydrogen) atoms. The molecule has 0 atom stereocenters. The van der Waals surface area contributed by atoms with Gasteiger partial charge in [0, 0.05) is 6.07 Å². The van der Waals surface area contributed by atoms with Gasteiger partial charge in [0.1, 0.15) is 0 Å². The Hall–Kier alpha value is -4.64. The first-order valence-corrected chi connectivity index (χ1v) is 12.1. The molecule has 0 N–H and O–H groups in total. The number of imide groups is 1. The molecule has 0 spiro atoms. The first kappa shape index (κ1) is 26.4. The molecule has 0 saturated carbocycles. The highest BCUT2D eigenvalue weighted by Gasteiger charge is 2.35. The van der Waals surface area contributed by atoms with Crippen LogP contribution in [0.3, 0.4) is 0 Å². The van der Waals surface area contributed by atoms with Crippen molar-refractivity contribution in [1.29, 1.82) is 0 Å². The molecule has 3 aromatic rings. The van der Waals surface area contributed by atoms with Crippen molar-refractivity contribution in [3.05, 3.63) is 97.9 Å². The van der Waals surface area contributed by atoms with Crippen LogP contribution < -0.4 is 9.47 Å². The van der Waals surface area contributed by atoms with Crippen molar-refractivity contribution < 1.29 is 33.5 Å². The molecule has 194 valence electrons. The number of esters is 1. The molecular formula is C27H22N2O8S. The molecular weight excluding hydrogens is 512 g/mol. The van der Waals surface area contributed by atoms with Crippen molar-refractivity contribution in [2.75, 3.05) is 14.2 Å². The maximum atomic E-state index is 12.9. The number of carbonyl (C=O) groups is 3. The van der Waals surface area contributed by atoms with Gasteiger partial charge in [-0.05, 0) is 60.2 Å². The zero-order chi connectivity index (χ0) is 27.4. The largest absolute Gasteiger partial charge is 0.493 e. The Labute approximate surface area is 221 Å². The van der Waals surface area contributed by atoms with Gasteiger partial charge in [-0.2, -0.15) is 0 Å². The Bertz CT molecular complexity index is 1470. The number of amides is 2. The van der Waals surface area contributed by atoms with Crippen LogP contribution in [0.1, 0.15) is 27.0 Å². The number of hydrogen-bond acceptors (Lipinski definition) is 9.